The van der Waals surface area contributed by atoms with Crippen LogP contribution < -0.4 is 25.3 Å². The largest absolute Gasteiger partial charge is 0.492 e. The first kappa shape index (κ1) is 18.6. The predicted molar refractivity (Wildman–Crippen MR) is 100 cm³/mol. The maximum atomic E-state index is 12.3. The van der Waals surface area contributed by atoms with Gasteiger partial charge in [-0.1, -0.05) is 12.1 Å². The van der Waals surface area contributed by atoms with Crippen molar-refractivity contribution in [3.05, 3.63) is 47.5 Å². The van der Waals surface area contributed by atoms with E-state index in [0.717, 1.165) is 17.7 Å². The number of nitrogens with one attached hydrogen (secondary N) is 1. The van der Waals surface area contributed by atoms with Crippen LogP contribution in [0.3, 0.4) is 0 Å². The Labute approximate surface area is 157 Å². The van der Waals surface area contributed by atoms with Gasteiger partial charge in [-0.2, -0.15) is 0 Å². The summed E-state index contributed by atoms with van der Waals surface area (Å²) in [5.41, 5.74) is 7.10. The molecule has 0 saturated heterocycles. The number of benzene rings is 2. The molecule has 1 atom stereocenters. The first-order valence-corrected chi connectivity index (χ1v) is 8.75. The number of ether oxygens (including phenoxy) is 3. The zero-order valence-corrected chi connectivity index (χ0v) is 15.3. The maximum Gasteiger partial charge on any atom is 0.262 e. The van der Waals surface area contributed by atoms with E-state index in [4.69, 9.17) is 19.9 Å². The molecule has 1 aliphatic heterocycles. The Bertz CT molecular complexity index is 865. The molecule has 2 aromatic carbocycles. The Morgan fingerprint density at radius 1 is 1.22 bits per heavy atom. The Balaban J connectivity index is 1.71. The Hall–Kier alpha value is -3.22. The second-order valence-electron chi connectivity index (χ2n) is 6.22. The molecule has 0 spiro atoms. The fourth-order valence-electron chi connectivity index (χ4n) is 2.94. The van der Waals surface area contributed by atoms with E-state index in [1.807, 2.05) is 19.9 Å². The number of carbonyl (C=O) groups excluding carboxylic acids is 2. The molecule has 2 aromatic rings. The van der Waals surface area contributed by atoms with Gasteiger partial charge in [0.25, 0.3) is 11.8 Å². The fraction of sp³-hybridized carbons (Fsp3) is 0.300. The summed E-state index contributed by atoms with van der Waals surface area (Å²) >= 11 is 0. The highest BCUT2D eigenvalue weighted by Gasteiger charge is 2.22. The smallest absolute Gasteiger partial charge is 0.262 e. The number of primary amides is 1. The summed E-state index contributed by atoms with van der Waals surface area (Å²) in [6.45, 7) is 4.06. The molecule has 0 saturated carbocycles. The van der Waals surface area contributed by atoms with Crippen LogP contribution in [0.15, 0.2) is 36.4 Å². The minimum absolute atomic E-state index is 0.0917. The van der Waals surface area contributed by atoms with Crippen LogP contribution in [-0.2, 0) is 11.2 Å². The number of anilines is 1. The lowest BCUT2D eigenvalue weighted by atomic mass is 10.1. The van der Waals surface area contributed by atoms with Crippen molar-refractivity contribution in [2.24, 2.45) is 5.73 Å². The average molecular weight is 370 g/mol. The van der Waals surface area contributed by atoms with E-state index in [2.05, 4.69) is 5.32 Å². The van der Waals surface area contributed by atoms with E-state index in [1.165, 1.54) is 0 Å². The lowest BCUT2D eigenvalue weighted by Crippen LogP contribution is -2.22. The molecule has 142 valence electrons. The van der Waals surface area contributed by atoms with Crippen molar-refractivity contribution in [3.8, 4) is 17.2 Å². The SMILES string of the molecule is CCOc1cc2c(cc1NC(=O)COc1ccccc1C(N)=O)O[C@H](C)C2. The molecule has 1 heterocycles. The van der Waals surface area contributed by atoms with Crippen molar-refractivity contribution in [2.45, 2.75) is 26.4 Å². The minimum atomic E-state index is -0.616. The number of fused-ring (bicyclic) bond motifs is 1. The Kier molecular flexibility index (Phi) is 5.49. The molecule has 7 heteroatoms. The van der Waals surface area contributed by atoms with E-state index in [0.29, 0.717) is 18.0 Å². The van der Waals surface area contributed by atoms with E-state index >= 15 is 0 Å². The van der Waals surface area contributed by atoms with Crippen LogP contribution in [0, 0.1) is 0 Å². The molecule has 0 aliphatic carbocycles. The monoisotopic (exact) mass is 370 g/mol. The number of nitrogens with two attached hydrogens (primary N) is 1. The lowest BCUT2D eigenvalue weighted by Gasteiger charge is -2.14. The summed E-state index contributed by atoms with van der Waals surface area (Å²) < 4.78 is 16.8. The van der Waals surface area contributed by atoms with Crippen LogP contribution in [0.25, 0.3) is 0 Å². The van der Waals surface area contributed by atoms with Crippen molar-refractivity contribution < 1.29 is 23.8 Å². The summed E-state index contributed by atoms with van der Waals surface area (Å²) in [4.78, 5) is 23.8. The molecule has 0 bridgehead atoms. The van der Waals surface area contributed by atoms with Crippen molar-refractivity contribution in [2.75, 3.05) is 18.5 Å². The quantitative estimate of drug-likeness (QED) is 0.780. The van der Waals surface area contributed by atoms with Gasteiger partial charge in [0.15, 0.2) is 6.61 Å². The average Bonchev–Trinajstić information content (AvgIpc) is 2.99. The first-order chi connectivity index (χ1) is 13.0. The first-order valence-electron chi connectivity index (χ1n) is 8.75. The molecule has 27 heavy (non-hydrogen) atoms. The highest BCUT2D eigenvalue weighted by Crippen LogP contribution is 2.38. The van der Waals surface area contributed by atoms with Gasteiger partial charge >= 0.3 is 0 Å². The van der Waals surface area contributed by atoms with Gasteiger partial charge < -0.3 is 25.3 Å². The second-order valence-corrected chi connectivity index (χ2v) is 6.22. The van der Waals surface area contributed by atoms with Gasteiger partial charge in [-0.3, -0.25) is 9.59 Å². The number of amides is 2. The highest BCUT2D eigenvalue weighted by molar-refractivity contribution is 5.96. The fourth-order valence-corrected chi connectivity index (χ4v) is 2.94. The zero-order valence-electron chi connectivity index (χ0n) is 15.3. The lowest BCUT2D eigenvalue weighted by molar-refractivity contribution is -0.118. The predicted octanol–water partition coefficient (Wildman–Crippen LogP) is 2.53. The Morgan fingerprint density at radius 2 is 2.00 bits per heavy atom. The van der Waals surface area contributed by atoms with E-state index < -0.39 is 5.91 Å². The van der Waals surface area contributed by atoms with Crippen LogP contribution in [0.1, 0.15) is 29.8 Å². The molecule has 0 radical (unpaired) electrons. The van der Waals surface area contributed by atoms with E-state index in [-0.39, 0.29) is 29.9 Å². The van der Waals surface area contributed by atoms with Gasteiger partial charge in [0.2, 0.25) is 0 Å². The molecule has 0 unspecified atom stereocenters. The van der Waals surface area contributed by atoms with Gasteiger partial charge in [0, 0.05) is 18.1 Å². The second kappa shape index (κ2) is 7.99. The molecule has 1 aliphatic rings. The third kappa shape index (κ3) is 4.31. The summed E-state index contributed by atoms with van der Waals surface area (Å²) in [6.07, 6.45) is 0.894. The number of para-hydroxylation sites is 1. The van der Waals surface area contributed by atoms with Crippen LogP contribution in [0.5, 0.6) is 17.2 Å². The number of hydrogen-bond donors (Lipinski definition) is 2. The summed E-state index contributed by atoms with van der Waals surface area (Å²) in [6, 6.07) is 10.2. The molecular formula is C20H22N2O5. The molecule has 0 aromatic heterocycles. The van der Waals surface area contributed by atoms with Gasteiger partial charge in [0.05, 0.1) is 17.9 Å². The van der Waals surface area contributed by atoms with Crippen molar-refractivity contribution in [1.29, 1.82) is 0 Å². The third-order valence-electron chi connectivity index (χ3n) is 4.08. The van der Waals surface area contributed by atoms with E-state index in [1.54, 1.807) is 30.3 Å². The number of carbonyl (C=O) groups is 2. The molecule has 7 nitrogen and oxygen atoms in total. The van der Waals surface area contributed by atoms with Crippen molar-refractivity contribution >= 4 is 17.5 Å². The number of rotatable bonds is 7. The summed E-state index contributed by atoms with van der Waals surface area (Å²) in [5, 5.41) is 2.77. The third-order valence-corrected chi connectivity index (χ3v) is 4.08. The molecular weight excluding hydrogens is 348 g/mol. The Morgan fingerprint density at radius 3 is 2.74 bits per heavy atom. The topological polar surface area (TPSA) is 99.9 Å². The highest BCUT2D eigenvalue weighted by atomic mass is 16.5. The van der Waals surface area contributed by atoms with Crippen LogP contribution >= 0.6 is 0 Å². The minimum Gasteiger partial charge on any atom is -0.492 e. The van der Waals surface area contributed by atoms with Gasteiger partial charge in [-0.25, -0.2) is 0 Å². The molecule has 0 fully saturated rings. The molecule has 3 N–H and O–H groups in total. The van der Waals surface area contributed by atoms with Gasteiger partial charge in [-0.05, 0) is 32.0 Å². The van der Waals surface area contributed by atoms with Crippen molar-refractivity contribution in [1.82, 2.24) is 0 Å². The standard InChI is InChI=1S/C20H22N2O5/c1-3-25-18-9-13-8-12(2)27-17(13)10-15(18)22-19(23)11-26-16-7-5-4-6-14(16)20(21)24/h4-7,9-10,12H,3,8,11H2,1-2H3,(H2,21,24)(H,22,23)/t12-/m1/s1. The molecule has 3 rings (SSSR count). The number of hydrogen-bond acceptors (Lipinski definition) is 5. The van der Waals surface area contributed by atoms with Crippen LogP contribution in [-0.4, -0.2) is 31.1 Å². The summed E-state index contributed by atoms with van der Waals surface area (Å²) in [5.74, 6) is 0.577. The van der Waals surface area contributed by atoms with Crippen LogP contribution in [0.2, 0.25) is 0 Å². The van der Waals surface area contributed by atoms with E-state index in [9.17, 15) is 9.59 Å². The zero-order chi connectivity index (χ0) is 19.4. The van der Waals surface area contributed by atoms with Crippen molar-refractivity contribution in [3.63, 3.8) is 0 Å². The summed E-state index contributed by atoms with van der Waals surface area (Å²) in [7, 11) is 0. The maximum absolute atomic E-state index is 12.3. The van der Waals surface area contributed by atoms with Gasteiger partial charge in [0.1, 0.15) is 23.4 Å². The van der Waals surface area contributed by atoms with Gasteiger partial charge in [-0.15, -0.1) is 0 Å². The normalized spacial score (nSPS) is 14.8. The van der Waals surface area contributed by atoms with Crippen LogP contribution in [0.4, 0.5) is 5.69 Å². The molecule has 2 amide bonds.